The largest absolute Gasteiger partial charge is 0.492 e. The van der Waals surface area contributed by atoms with Gasteiger partial charge < -0.3 is 29.0 Å². The summed E-state index contributed by atoms with van der Waals surface area (Å²) < 4.78 is 61.0. The Bertz CT molecular complexity index is 1410. The molecule has 0 amide bonds. The third-order valence-corrected chi connectivity index (χ3v) is 9.32. The molecular weight excluding hydrogens is 570 g/mol. The van der Waals surface area contributed by atoms with Gasteiger partial charge in [0.05, 0.1) is 6.61 Å². The molecule has 0 aliphatic carbocycles. The van der Waals surface area contributed by atoms with Gasteiger partial charge in [-0.15, -0.1) is 0 Å². The Kier molecular flexibility index (Phi) is 11.5. The minimum Gasteiger partial charge on any atom is -0.492 e. The number of aryl methyl sites for hydroxylation is 1. The first-order chi connectivity index (χ1) is 20.7. The zero-order chi connectivity index (χ0) is 30.9. The number of benzene rings is 3. The highest BCUT2D eigenvalue weighted by atomic mass is 32.2. The summed E-state index contributed by atoms with van der Waals surface area (Å²) in [6.45, 7) is 3.30. The average Bonchev–Trinajstić information content (AvgIpc) is 3.00. The molecule has 3 atom stereocenters. The van der Waals surface area contributed by atoms with E-state index in [0.29, 0.717) is 17.9 Å². The molecule has 0 radical (unpaired) electrons. The SMILES string of the molecule is CNCC(c1ccc(CCCCC2c3ccc(OCOC)cc3OCC2(C)c2ccc(OCOC)cc2)cc1)S(=O)(=O)O. The van der Waals surface area contributed by atoms with Gasteiger partial charge in [-0.25, -0.2) is 0 Å². The molecule has 0 saturated carbocycles. The van der Waals surface area contributed by atoms with Crippen molar-refractivity contribution in [1.29, 1.82) is 0 Å². The highest BCUT2D eigenvalue weighted by Gasteiger charge is 2.42. The molecule has 9 nitrogen and oxygen atoms in total. The zero-order valence-corrected chi connectivity index (χ0v) is 26.2. The monoisotopic (exact) mass is 613 g/mol. The van der Waals surface area contributed by atoms with Crippen LogP contribution in [0.4, 0.5) is 0 Å². The van der Waals surface area contributed by atoms with Gasteiger partial charge in [0.2, 0.25) is 0 Å². The maximum Gasteiger partial charge on any atom is 0.273 e. The molecule has 4 rings (SSSR count). The molecule has 234 valence electrons. The van der Waals surface area contributed by atoms with E-state index in [1.807, 2.05) is 36.4 Å². The molecule has 0 fully saturated rings. The van der Waals surface area contributed by atoms with Crippen LogP contribution in [0.15, 0.2) is 66.7 Å². The fourth-order valence-electron chi connectivity index (χ4n) is 5.79. The van der Waals surface area contributed by atoms with E-state index < -0.39 is 15.4 Å². The van der Waals surface area contributed by atoms with Gasteiger partial charge in [0, 0.05) is 38.2 Å². The van der Waals surface area contributed by atoms with Gasteiger partial charge in [0.15, 0.2) is 13.6 Å². The molecule has 1 heterocycles. The van der Waals surface area contributed by atoms with Crippen molar-refractivity contribution in [2.75, 3.05) is 48.0 Å². The topological polar surface area (TPSA) is 113 Å². The molecule has 1 aliphatic rings. The van der Waals surface area contributed by atoms with Crippen molar-refractivity contribution in [3.05, 3.63) is 89.0 Å². The van der Waals surface area contributed by atoms with E-state index in [0.717, 1.165) is 48.3 Å². The Labute approximate surface area is 255 Å². The quantitative estimate of drug-likeness (QED) is 0.120. The molecule has 0 aromatic heterocycles. The van der Waals surface area contributed by atoms with Crippen LogP contribution in [0.1, 0.15) is 59.6 Å². The molecule has 0 spiro atoms. The second-order valence-corrected chi connectivity index (χ2v) is 12.7. The molecule has 10 heteroatoms. The lowest BCUT2D eigenvalue weighted by molar-refractivity contribution is 0.0505. The summed E-state index contributed by atoms with van der Waals surface area (Å²) in [5, 5.41) is 1.85. The van der Waals surface area contributed by atoms with Crippen LogP contribution < -0.4 is 19.5 Å². The fourth-order valence-corrected chi connectivity index (χ4v) is 6.67. The zero-order valence-electron chi connectivity index (χ0n) is 25.4. The van der Waals surface area contributed by atoms with Crippen molar-refractivity contribution in [3.63, 3.8) is 0 Å². The van der Waals surface area contributed by atoms with Crippen LogP contribution in [0.5, 0.6) is 17.2 Å². The number of ether oxygens (including phenoxy) is 5. The maximum atomic E-state index is 11.8. The first-order valence-corrected chi connectivity index (χ1v) is 16.0. The predicted molar refractivity (Wildman–Crippen MR) is 166 cm³/mol. The minimum atomic E-state index is -4.20. The predicted octanol–water partition coefficient (Wildman–Crippen LogP) is 5.65. The Balaban J connectivity index is 1.49. The van der Waals surface area contributed by atoms with E-state index in [9.17, 15) is 13.0 Å². The van der Waals surface area contributed by atoms with Crippen molar-refractivity contribution >= 4 is 10.1 Å². The van der Waals surface area contributed by atoms with Gasteiger partial charge >= 0.3 is 0 Å². The summed E-state index contributed by atoms with van der Waals surface area (Å²) in [5.41, 5.74) is 3.77. The van der Waals surface area contributed by atoms with Crippen molar-refractivity contribution < 1.29 is 36.7 Å². The van der Waals surface area contributed by atoms with Crippen LogP contribution in [0.3, 0.4) is 0 Å². The molecule has 0 saturated heterocycles. The van der Waals surface area contributed by atoms with E-state index in [1.165, 1.54) is 5.56 Å². The number of fused-ring (bicyclic) bond motifs is 1. The van der Waals surface area contributed by atoms with Gasteiger partial charge in [-0.1, -0.05) is 55.8 Å². The lowest BCUT2D eigenvalue weighted by Crippen LogP contribution is -2.40. The lowest BCUT2D eigenvalue weighted by atomic mass is 9.66. The summed E-state index contributed by atoms with van der Waals surface area (Å²) >= 11 is 0. The number of methoxy groups -OCH3 is 2. The summed E-state index contributed by atoms with van der Waals surface area (Å²) in [6, 6.07) is 21.7. The van der Waals surface area contributed by atoms with Crippen LogP contribution in [0.2, 0.25) is 0 Å². The molecule has 3 aromatic rings. The van der Waals surface area contributed by atoms with Crippen LogP contribution in [0, 0.1) is 0 Å². The minimum absolute atomic E-state index is 0.145. The van der Waals surface area contributed by atoms with E-state index in [-0.39, 0.29) is 31.5 Å². The van der Waals surface area contributed by atoms with E-state index in [1.54, 1.807) is 33.4 Å². The maximum absolute atomic E-state index is 11.8. The second kappa shape index (κ2) is 15.0. The third-order valence-electron chi connectivity index (χ3n) is 8.17. The van der Waals surface area contributed by atoms with E-state index >= 15 is 0 Å². The third kappa shape index (κ3) is 8.27. The normalized spacial score (nSPS) is 18.9. The molecular formula is C33H43NO8S. The first kappa shape index (κ1) is 32.8. The van der Waals surface area contributed by atoms with Crippen molar-refractivity contribution in [2.24, 2.45) is 0 Å². The summed E-state index contributed by atoms with van der Waals surface area (Å²) in [6.07, 6.45) is 3.79. The number of rotatable bonds is 16. The molecule has 3 aromatic carbocycles. The summed E-state index contributed by atoms with van der Waals surface area (Å²) in [4.78, 5) is 0. The van der Waals surface area contributed by atoms with Crippen LogP contribution in [-0.4, -0.2) is 61.0 Å². The van der Waals surface area contributed by atoms with E-state index in [2.05, 4.69) is 30.4 Å². The van der Waals surface area contributed by atoms with Gasteiger partial charge in [-0.2, -0.15) is 8.42 Å². The van der Waals surface area contributed by atoms with E-state index in [4.69, 9.17) is 23.7 Å². The Morgan fingerprint density at radius 1 is 0.953 bits per heavy atom. The molecule has 2 N–H and O–H groups in total. The first-order valence-electron chi connectivity index (χ1n) is 14.5. The number of likely N-dealkylation sites (N-methyl/N-ethyl adjacent to an activating group) is 1. The van der Waals surface area contributed by atoms with Crippen molar-refractivity contribution in [1.82, 2.24) is 5.32 Å². The van der Waals surface area contributed by atoms with Crippen molar-refractivity contribution in [2.45, 2.75) is 49.2 Å². The number of hydrogen-bond donors (Lipinski definition) is 2. The Morgan fingerprint density at radius 3 is 2.23 bits per heavy atom. The summed E-state index contributed by atoms with van der Waals surface area (Å²) in [7, 11) is 0.656. The van der Waals surface area contributed by atoms with Crippen LogP contribution in [0.25, 0.3) is 0 Å². The Hall–Kier alpha value is -3.15. The number of nitrogens with one attached hydrogen (secondary N) is 1. The van der Waals surface area contributed by atoms with Crippen LogP contribution >= 0.6 is 0 Å². The van der Waals surface area contributed by atoms with Gasteiger partial charge in [0.1, 0.15) is 22.5 Å². The molecule has 3 unspecified atom stereocenters. The number of unbranched alkanes of at least 4 members (excludes halogenated alkanes) is 1. The van der Waals surface area contributed by atoms with Gasteiger partial charge in [-0.05, 0) is 66.8 Å². The lowest BCUT2D eigenvalue weighted by Gasteiger charge is -2.43. The highest BCUT2D eigenvalue weighted by Crippen LogP contribution is 2.50. The number of hydrogen-bond acceptors (Lipinski definition) is 8. The standard InChI is InChI=1S/C33H43NO8S/c1-33(26-13-15-27(16-14-26)41-22-38-3)21-40-31-19-28(42-23-39-4)17-18-29(31)30(33)8-6-5-7-24-9-11-25(12-10-24)32(20-34-2)43(35,36)37/h9-19,30,32,34H,5-8,20-23H2,1-4H3,(H,35,36,37). The average molecular weight is 614 g/mol. The van der Waals surface area contributed by atoms with Crippen LogP contribution in [-0.2, 0) is 31.4 Å². The Morgan fingerprint density at radius 2 is 1.60 bits per heavy atom. The van der Waals surface area contributed by atoms with Gasteiger partial charge in [-0.3, -0.25) is 4.55 Å². The molecule has 1 aliphatic heterocycles. The molecule has 0 bridgehead atoms. The molecule has 43 heavy (non-hydrogen) atoms. The second-order valence-electron chi connectivity index (χ2n) is 11.1. The summed E-state index contributed by atoms with van der Waals surface area (Å²) in [5.74, 6) is 2.50. The van der Waals surface area contributed by atoms with Crippen molar-refractivity contribution in [3.8, 4) is 17.2 Å². The highest BCUT2D eigenvalue weighted by molar-refractivity contribution is 7.86. The van der Waals surface area contributed by atoms with Gasteiger partial charge in [0.25, 0.3) is 10.1 Å². The fraction of sp³-hybridized carbons (Fsp3) is 0.455. The smallest absolute Gasteiger partial charge is 0.273 e.